The Morgan fingerprint density at radius 2 is 1.77 bits per heavy atom. The highest BCUT2D eigenvalue weighted by Gasteiger charge is 2.14. The minimum Gasteiger partial charge on any atom is -0.326 e. The first-order valence-corrected chi connectivity index (χ1v) is 10.5. The zero-order chi connectivity index (χ0) is 21.8. The Morgan fingerprint density at radius 3 is 2.52 bits per heavy atom. The van der Waals surface area contributed by atoms with Gasteiger partial charge in [-0.25, -0.2) is 4.98 Å². The number of hydrogen-bond donors (Lipinski definition) is 1. The number of rotatable bonds is 6. The number of amides is 1. The number of fused-ring (bicyclic) bond motifs is 1. The van der Waals surface area contributed by atoms with E-state index in [9.17, 15) is 9.59 Å². The Bertz CT molecular complexity index is 1280. The van der Waals surface area contributed by atoms with Gasteiger partial charge >= 0.3 is 0 Å². The summed E-state index contributed by atoms with van der Waals surface area (Å²) in [4.78, 5) is 30.2. The molecule has 0 bridgehead atoms. The number of halogens is 1. The Kier molecular flexibility index (Phi) is 6.14. The number of carbonyl (C=O) groups excluding carboxylic acids is 1. The number of aryl methyl sites for hydroxylation is 2. The lowest BCUT2D eigenvalue weighted by atomic mass is 10.1. The molecule has 156 valence electrons. The van der Waals surface area contributed by atoms with Gasteiger partial charge in [-0.3, -0.25) is 9.59 Å². The maximum Gasteiger partial charge on any atom is 0.273 e. The molecule has 0 saturated heterocycles. The van der Waals surface area contributed by atoms with Gasteiger partial charge in [0.2, 0.25) is 5.91 Å². The molecule has 31 heavy (non-hydrogen) atoms. The lowest BCUT2D eigenvalue weighted by Crippen LogP contribution is -2.27. The molecule has 3 aromatic carbocycles. The van der Waals surface area contributed by atoms with Crippen molar-refractivity contribution in [3.63, 3.8) is 0 Å². The molecule has 0 unspecified atom stereocenters. The van der Waals surface area contributed by atoms with Gasteiger partial charge in [-0.15, -0.1) is 0 Å². The zero-order valence-corrected chi connectivity index (χ0v) is 17.9. The summed E-state index contributed by atoms with van der Waals surface area (Å²) in [6.45, 7) is 2.41. The quantitative estimate of drug-likeness (QED) is 0.468. The molecule has 1 N–H and O–H groups in total. The maximum atomic E-state index is 13.2. The summed E-state index contributed by atoms with van der Waals surface area (Å²) >= 11 is 6.16. The fraction of sp³-hybridized carbons (Fsp3) is 0.160. The molecular weight excluding hydrogens is 410 g/mol. The van der Waals surface area contributed by atoms with Crippen LogP contribution in [-0.4, -0.2) is 15.5 Å². The number of benzene rings is 3. The average Bonchev–Trinajstić information content (AvgIpc) is 2.77. The Hall–Kier alpha value is -3.44. The second-order valence-electron chi connectivity index (χ2n) is 7.48. The standard InChI is InChI=1S/C25H22ClN3O2/c1-17-7-10-20(11-8-17)27-24(30)14-12-21-25(31)29(16-18-5-3-2-4-6-18)23-13-9-19(26)15-22(23)28-21/h2-11,13,15H,12,14,16H2,1H3,(H,27,30). The van der Waals surface area contributed by atoms with Crippen molar-refractivity contribution >= 4 is 34.2 Å². The van der Waals surface area contributed by atoms with Crippen LogP contribution in [0.2, 0.25) is 5.02 Å². The van der Waals surface area contributed by atoms with Crippen molar-refractivity contribution in [2.24, 2.45) is 0 Å². The number of anilines is 1. The molecule has 1 amide bonds. The molecular formula is C25H22ClN3O2. The molecule has 4 rings (SSSR count). The molecule has 1 heterocycles. The summed E-state index contributed by atoms with van der Waals surface area (Å²) in [6.07, 6.45) is 0.404. The van der Waals surface area contributed by atoms with Crippen molar-refractivity contribution in [1.29, 1.82) is 0 Å². The first kappa shape index (κ1) is 20.8. The van der Waals surface area contributed by atoms with Crippen LogP contribution in [0.25, 0.3) is 11.0 Å². The predicted octanol–water partition coefficient (Wildman–Crippen LogP) is 4.98. The molecule has 0 aliphatic heterocycles. The monoisotopic (exact) mass is 431 g/mol. The lowest BCUT2D eigenvalue weighted by Gasteiger charge is -2.13. The van der Waals surface area contributed by atoms with Crippen LogP contribution in [0, 0.1) is 6.92 Å². The Labute approximate surface area is 185 Å². The number of nitrogens with zero attached hydrogens (tertiary/aromatic N) is 2. The fourth-order valence-electron chi connectivity index (χ4n) is 3.45. The third-order valence-corrected chi connectivity index (χ3v) is 5.32. The van der Waals surface area contributed by atoms with Crippen molar-refractivity contribution in [2.45, 2.75) is 26.3 Å². The highest BCUT2D eigenvalue weighted by molar-refractivity contribution is 6.31. The lowest BCUT2D eigenvalue weighted by molar-refractivity contribution is -0.116. The van der Waals surface area contributed by atoms with E-state index in [1.54, 1.807) is 16.7 Å². The smallest absolute Gasteiger partial charge is 0.273 e. The summed E-state index contributed by atoms with van der Waals surface area (Å²) in [6, 6.07) is 22.7. The molecule has 4 aromatic rings. The van der Waals surface area contributed by atoms with Crippen molar-refractivity contribution < 1.29 is 4.79 Å². The minimum atomic E-state index is -0.193. The van der Waals surface area contributed by atoms with Crippen LogP contribution in [-0.2, 0) is 17.8 Å². The van der Waals surface area contributed by atoms with E-state index in [4.69, 9.17) is 11.6 Å². The zero-order valence-electron chi connectivity index (χ0n) is 17.1. The van der Waals surface area contributed by atoms with Gasteiger partial charge in [0.1, 0.15) is 5.69 Å². The van der Waals surface area contributed by atoms with Crippen LogP contribution in [0.3, 0.4) is 0 Å². The first-order chi connectivity index (χ1) is 15.0. The molecule has 5 nitrogen and oxygen atoms in total. The van der Waals surface area contributed by atoms with Gasteiger partial charge in [-0.05, 0) is 42.8 Å². The first-order valence-electron chi connectivity index (χ1n) is 10.1. The molecule has 0 aliphatic carbocycles. The predicted molar refractivity (Wildman–Crippen MR) is 125 cm³/mol. The normalized spacial score (nSPS) is 10.9. The summed E-state index contributed by atoms with van der Waals surface area (Å²) in [5.41, 5.74) is 4.37. The van der Waals surface area contributed by atoms with Crippen LogP contribution in [0.4, 0.5) is 5.69 Å². The summed E-state index contributed by atoms with van der Waals surface area (Å²) in [5, 5.41) is 3.41. The van der Waals surface area contributed by atoms with E-state index in [0.29, 0.717) is 28.3 Å². The molecule has 0 atom stereocenters. The average molecular weight is 432 g/mol. The van der Waals surface area contributed by atoms with Crippen LogP contribution >= 0.6 is 11.6 Å². The Balaban J connectivity index is 1.61. The summed E-state index contributed by atoms with van der Waals surface area (Å²) in [7, 11) is 0. The van der Waals surface area contributed by atoms with Gasteiger partial charge in [-0.1, -0.05) is 59.6 Å². The third kappa shape index (κ3) is 5.01. The largest absolute Gasteiger partial charge is 0.326 e. The second kappa shape index (κ2) is 9.14. The molecule has 1 aromatic heterocycles. The van der Waals surface area contributed by atoms with E-state index in [-0.39, 0.29) is 24.3 Å². The molecule has 0 saturated carbocycles. The highest BCUT2D eigenvalue weighted by atomic mass is 35.5. The maximum absolute atomic E-state index is 13.2. The minimum absolute atomic E-state index is 0.160. The van der Waals surface area contributed by atoms with Gasteiger partial charge in [0.15, 0.2) is 0 Å². The highest BCUT2D eigenvalue weighted by Crippen LogP contribution is 2.18. The van der Waals surface area contributed by atoms with Gasteiger partial charge in [-0.2, -0.15) is 0 Å². The third-order valence-electron chi connectivity index (χ3n) is 5.08. The van der Waals surface area contributed by atoms with Crippen LogP contribution in [0.15, 0.2) is 77.6 Å². The molecule has 0 fully saturated rings. The number of hydrogen-bond acceptors (Lipinski definition) is 3. The molecule has 0 aliphatic rings. The topological polar surface area (TPSA) is 64.0 Å². The molecule has 6 heteroatoms. The van der Waals surface area contributed by atoms with Crippen molar-refractivity contribution in [1.82, 2.24) is 9.55 Å². The van der Waals surface area contributed by atoms with Gasteiger partial charge < -0.3 is 9.88 Å². The van der Waals surface area contributed by atoms with E-state index < -0.39 is 0 Å². The summed E-state index contributed by atoms with van der Waals surface area (Å²) in [5.74, 6) is -0.161. The number of carbonyl (C=O) groups is 1. The Morgan fingerprint density at radius 1 is 1.03 bits per heavy atom. The van der Waals surface area contributed by atoms with Crippen LogP contribution < -0.4 is 10.9 Å². The van der Waals surface area contributed by atoms with Gasteiger partial charge in [0, 0.05) is 23.6 Å². The molecule has 0 radical (unpaired) electrons. The van der Waals surface area contributed by atoms with E-state index in [1.165, 1.54) is 0 Å². The number of nitrogens with one attached hydrogen (secondary N) is 1. The van der Waals surface area contributed by atoms with E-state index in [2.05, 4.69) is 10.3 Å². The van der Waals surface area contributed by atoms with Crippen molar-refractivity contribution in [3.8, 4) is 0 Å². The number of aromatic nitrogens is 2. The SMILES string of the molecule is Cc1ccc(NC(=O)CCc2nc3cc(Cl)ccc3n(Cc3ccccc3)c2=O)cc1. The van der Waals surface area contributed by atoms with Gasteiger partial charge in [0.25, 0.3) is 5.56 Å². The van der Waals surface area contributed by atoms with Gasteiger partial charge in [0.05, 0.1) is 17.6 Å². The second-order valence-corrected chi connectivity index (χ2v) is 7.92. The van der Waals surface area contributed by atoms with E-state index >= 15 is 0 Å². The van der Waals surface area contributed by atoms with E-state index in [0.717, 1.165) is 16.8 Å². The van der Waals surface area contributed by atoms with Crippen LogP contribution in [0.1, 0.15) is 23.2 Å². The van der Waals surface area contributed by atoms with Crippen LogP contribution in [0.5, 0.6) is 0 Å². The van der Waals surface area contributed by atoms with Crippen molar-refractivity contribution in [3.05, 3.63) is 105 Å². The van der Waals surface area contributed by atoms with Crippen molar-refractivity contribution in [2.75, 3.05) is 5.32 Å². The van der Waals surface area contributed by atoms with E-state index in [1.807, 2.05) is 67.6 Å². The fourth-order valence-corrected chi connectivity index (χ4v) is 3.62. The molecule has 0 spiro atoms. The summed E-state index contributed by atoms with van der Waals surface area (Å²) < 4.78 is 1.70.